The van der Waals surface area contributed by atoms with Crippen LogP contribution in [0.25, 0.3) is 0 Å². The van der Waals surface area contributed by atoms with Crippen LogP contribution in [0.1, 0.15) is 32.6 Å². The van der Waals surface area contributed by atoms with Crippen molar-refractivity contribution >= 4 is 21.8 Å². The largest absolute Gasteiger partial charge is 0.378 e. The molecule has 0 aromatic carbocycles. The fourth-order valence-corrected chi connectivity index (χ4v) is 3.49. The first-order valence-corrected chi connectivity index (χ1v) is 7.30. The average molecular weight is 290 g/mol. The van der Waals surface area contributed by atoms with Crippen molar-refractivity contribution in [2.75, 3.05) is 11.9 Å². The molecule has 1 amide bonds. The van der Waals surface area contributed by atoms with Gasteiger partial charge in [0, 0.05) is 11.4 Å². The van der Waals surface area contributed by atoms with Crippen molar-refractivity contribution in [3.63, 3.8) is 0 Å². The number of halogens is 1. The maximum Gasteiger partial charge on any atom is 0.225 e. The van der Waals surface area contributed by atoms with E-state index >= 15 is 0 Å². The molecule has 4 atom stereocenters. The highest BCUT2D eigenvalue weighted by atomic mass is 79.9. The van der Waals surface area contributed by atoms with Gasteiger partial charge in [-0.25, -0.2) is 0 Å². The van der Waals surface area contributed by atoms with Crippen molar-refractivity contribution in [2.45, 2.75) is 44.8 Å². The molecule has 1 aliphatic carbocycles. The molecule has 2 aliphatic rings. The van der Waals surface area contributed by atoms with Crippen LogP contribution in [0.2, 0.25) is 0 Å². The second-order valence-electron chi connectivity index (χ2n) is 5.04. The number of hydrogen-bond donors (Lipinski definition) is 1. The lowest BCUT2D eigenvalue weighted by Gasteiger charge is -2.20. The molecule has 0 radical (unpaired) electrons. The van der Waals surface area contributed by atoms with Gasteiger partial charge in [0.2, 0.25) is 5.91 Å². The Morgan fingerprint density at radius 2 is 2.31 bits per heavy atom. The van der Waals surface area contributed by atoms with Crippen molar-refractivity contribution in [3.8, 4) is 0 Å². The molecule has 1 heterocycles. The summed E-state index contributed by atoms with van der Waals surface area (Å²) in [4.78, 5) is 12.0. The number of hydrogen-bond acceptors (Lipinski definition) is 2. The van der Waals surface area contributed by atoms with Crippen molar-refractivity contribution < 1.29 is 9.53 Å². The van der Waals surface area contributed by atoms with Crippen LogP contribution in [0.4, 0.5) is 0 Å². The SMILES string of the molecule is CC1CC(C(=O)NC2CCCC2CBr)CO1. The molecule has 2 fully saturated rings. The second-order valence-corrected chi connectivity index (χ2v) is 5.68. The molecule has 92 valence electrons. The fourth-order valence-electron chi connectivity index (χ4n) is 2.71. The van der Waals surface area contributed by atoms with Crippen molar-refractivity contribution in [3.05, 3.63) is 0 Å². The van der Waals surface area contributed by atoms with E-state index in [0.29, 0.717) is 18.6 Å². The van der Waals surface area contributed by atoms with Gasteiger partial charge in [-0.2, -0.15) is 0 Å². The van der Waals surface area contributed by atoms with Gasteiger partial charge in [-0.1, -0.05) is 22.4 Å². The van der Waals surface area contributed by atoms with Gasteiger partial charge in [-0.15, -0.1) is 0 Å². The third kappa shape index (κ3) is 2.77. The Labute approximate surface area is 105 Å². The van der Waals surface area contributed by atoms with Crippen LogP contribution < -0.4 is 5.32 Å². The van der Waals surface area contributed by atoms with Gasteiger partial charge < -0.3 is 10.1 Å². The molecule has 0 spiro atoms. The quantitative estimate of drug-likeness (QED) is 0.808. The third-order valence-electron chi connectivity index (χ3n) is 3.75. The topological polar surface area (TPSA) is 38.3 Å². The van der Waals surface area contributed by atoms with E-state index in [0.717, 1.165) is 18.2 Å². The van der Waals surface area contributed by atoms with Crippen LogP contribution in [0.15, 0.2) is 0 Å². The molecule has 4 heteroatoms. The van der Waals surface area contributed by atoms with Crippen molar-refractivity contribution in [1.82, 2.24) is 5.32 Å². The van der Waals surface area contributed by atoms with Gasteiger partial charge in [0.15, 0.2) is 0 Å². The molecule has 0 bridgehead atoms. The number of carbonyl (C=O) groups excluding carboxylic acids is 1. The molecule has 1 saturated carbocycles. The zero-order chi connectivity index (χ0) is 11.5. The van der Waals surface area contributed by atoms with E-state index in [9.17, 15) is 4.79 Å². The molecular formula is C12H20BrNO2. The summed E-state index contributed by atoms with van der Waals surface area (Å²) in [5, 5.41) is 4.19. The fraction of sp³-hybridized carbons (Fsp3) is 0.917. The zero-order valence-corrected chi connectivity index (χ0v) is 11.3. The minimum atomic E-state index is 0.0755. The molecule has 4 unspecified atom stereocenters. The molecule has 0 aromatic heterocycles. The lowest BCUT2D eigenvalue weighted by molar-refractivity contribution is -0.125. The van der Waals surface area contributed by atoms with Gasteiger partial charge in [0.05, 0.1) is 18.6 Å². The highest BCUT2D eigenvalue weighted by Gasteiger charge is 2.33. The van der Waals surface area contributed by atoms with Crippen LogP contribution in [0, 0.1) is 11.8 Å². The van der Waals surface area contributed by atoms with E-state index in [1.807, 2.05) is 6.92 Å². The summed E-state index contributed by atoms with van der Waals surface area (Å²) >= 11 is 3.52. The summed E-state index contributed by atoms with van der Waals surface area (Å²) in [6.07, 6.45) is 4.71. The Morgan fingerprint density at radius 1 is 1.50 bits per heavy atom. The van der Waals surface area contributed by atoms with E-state index < -0.39 is 0 Å². The van der Waals surface area contributed by atoms with Gasteiger partial charge in [0.1, 0.15) is 0 Å². The first kappa shape index (κ1) is 12.4. The number of amides is 1. The van der Waals surface area contributed by atoms with Crippen LogP contribution in [0.3, 0.4) is 0 Å². The minimum Gasteiger partial charge on any atom is -0.378 e. The van der Waals surface area contributed by atoms with Crippen LogP contribution in [-0.4, -0.2) is 30.0 Å². The Balaban J connectivity index is 1.82. The highest BCUT2D eigenvalue weighted by molar-refractivity contribution is 9.09. The van der Waals surface area contributed by atoms with E-state index in [1.165, 1.54) is 12.8 Å². The first-order chi connectivity index (χ1) is 7.70. The zero-order valence-electron chi connectivity index (χ0n) is 9.75. The molecule has 1 saturated heterocycles. The lowest BCUT2D eigenvalue weighted by atomic mass is 10.0. The Kier molecular flexibility index (Phi) is 4.25. The molecule has 16 heavy (non-hydrogen) atoms. The van der Waals surface area contributed by atoms with Crippen LogP contribution >= 0.6 is 15.9 Å². The molecule has 0 aromatic rings. The Hall–Kier alpha value is -0.0900. The smallest absolute Gasteiger partial charge is 0.225 e. The Morgan fingerprint density at radius 3 is 2.94 bits per heavy atom. The number of rotatable bonds is 3. The predicted octanol–water partition coefficient (Wildman–Crippen LogP) is 2.09. The average Bonchev–Trinajstić information content (AvgIpc) is 2.86. The monoisotopic (exact) mass is 289 g/mol. The summed E-state index contributed by atoms with van der Waals surface area (Å²) in [5.41, 5.74) is 0. The standard InChI is InChI=1S/C12H20BrNO2/c1-8-5-10(7-16-8)12(15)14-11-4-2-3-9(11)6-13/h8-11H,2-7H2,1H3,(H,14,15). The van der Waals surface area contributed by atoms with Crippen LogP contribution in [0.5, 0.6) is 0 Å². The van der Waals surface area contributed by atoms with Gasteiger partial charge in [-0.3, -0.25) is 4.79 Å². The van der Waals surface area contributed by atoms with Crippen LogP contribution in [-0.2, 0) is 9.53 Å². The third-order valence-corrected chi connectivity index (χ3v) is 4.59. The molecule has 2 rings (SSSR count). The van der Waals surface area contributed by atoms with Crippen molar-refractivity contribution in [2.24, 2.45) is 11.8 Å². The normalized spacial score (nSPS) is 38.9. The molecule has 1 aliphatic heterocycles. The van der Waals surface area contributed by atoms with Gasteiger partial charge in [0.25, 0.3) is 0 Å². The van der Waals surface area contributed by atoms with E-state index in [-0.39, 0.29) is 17.9 Å². The highest BCUT2D eigenvalue weighted by Crippen LogP contribution is 2.28. The predicted molar refractivity (Wildman–Crippen MR) is 66.6 cm³/mol. The Bertz CT molecular complexity index is 259. The number of alkyl halides is 1. The molecule has 1 N–H and O–H groups in total. The lowest BCUT2D eigenvalue weighted by Crippen LogP contribution is -2.41. The van der Waals surface area contributed by atoms with E-state index in [1.54, 1.807) is 0 Å². The summed E-state index contributed by atoms with van der Waals surface area (Å²) in [6, 6.07) is 0.378. The maximum absolute atomic E-state index is 12.0. The first-order valence-electron chi connectivity index (χ1n) is 6.18. The summed E-state index contributed by atoms with van der Waals surface area (Å²) in [7, 11) is 0. The van der Waals surface area contributed by atoms with Crippen molar-refractivity contribution in [1.29, 1.82) is 0 Å². The van der Waals surface area contributed by atoms with E-state index in [4.69, 9.17) is 4.74 Å². The maximum atomic E-state index is 12.0. The summed E-state index contributed by atoms with van der Waals surface area (Å²) in [5.74, 6) is 0.887. The molecule has 3 nitrogen and oxygen atoms in total. The second kappa shape index (κ2) is 5.50. The summed E-state index contributed by atoms with van der Waals surface area (Å²) in [6.45, 7) is 2.63. The number of carbonyl (C=O) groups is 1. The minimum absolute atomic E-state index is 0.0755. The number of ether oxygens (including phenoxy) is 1. The number of nitrogens with one attached hydrogen (secondary N) is 1. The van der Waals surface area contributed by atoms with Gasteiger partial charge in [-0.05, 0) is 32.1 Å². The van der Waals surface area contributed by atoms with E-state index in [2.05, 4.69) is 21.2 Å². The molecular weight excluding hydrogens is 270 g/mol. The summed E-state index contributed by atoms with van der Waals surface area (Å²) < 4.78 is 5.43. The van der Waals surface area contributed by atoms with Gasteiger partial charge >= 0.3 is 0 Å².